The second-order valence-electron chi connectivity index (χ2n) is 4.78. The number of carbonyl (C=O) groups is 1. The quantitative estimate of drug-likeness (QED) is 0.815. The maximum absolute atomic E-state index is 10.9. The van der Waals surface area contributed by atoms with Crippen molar-refractivity contribution in [2.45, 2.75) is 38.6 Å². The van der Waals surface area contributed by atoms with Crippen LogP contribution in [0.5, 0.6) is 0 Å². The molecular weight excluding hydrogens is 244 g/mol. The van der Waals surface area contributed by atoms with Crippen molar-refractivity contribution in [2.75, 3.05) is 23.3 Å². The summed E-state index contributed by atoms with van der Waals surface area (Å²) in [4.78, 5) is 21.4. The fourth-order valence-electron chi connectivity index (χ4n) is 2.40. The highest BCUT2D eigenvalue weighted by atomic mass is 16.4. The van der Waals surface area contributed by atoms with Crippen LogP contribution in [0.3, 0.4) is 0 Å². The number of carboxylic acids is 1. The third-order valence-electron chi connectivity index (χ3n) is 3.29. The van der Waals surface area contributed by atoms with Gasteiger partial charge in [0.25, 0.3) is 0 Å². The van der Waals surface area contributed by atoms with Gasteiger partial charge in [0, 0.05) is 25.2 Å². The van der Waals surface area contributed by atoms with E-state index in [2.05, 4.69) is 27.1 Å². The Bertz CT molecular complexity index is 438. The maximum atomic E-state index is 10.9. The Morgan fingerprint density at radius 1 is 1.58 bits per heavy atom. The molecule has 0 saturated carbocycles. The number of hydrogen-bond acceptors (Lipinski definition) is 5. The molecule has 1 atom stereocenters. The normalized spacial score (nSPS) is 18.6. The van der Waals surface area contributed by atoms with Crippen molar-refractivity contribution in [3.05, 3.63) is 12.4 Å². The first-order valence-corrected chi connectivity index (χ1v) is 6.75. The van der Waals surface area contributed by atoms with Gasteiger partial charge in [-0.25, -0.2) is 9.97 Å². The summed E-state index contributed by atoms with van der Waals surface area (Å²) in [7, 11) is 0. The number of rotatable bonds is 6. The largest absolute Gasteiger partial charge is 0.481 e. The Morgan fingerprint density at radius 2 is 2.42 bits per heavy atom. The van der Waals surface area contributed by atoms with E-state index in [0.717, 1.165) is 44.0 Å². The van der Waals surface area contributed by atoms with Crippen molar-refractivity contribution in [3.63, 3.8) is 0 Å². The summed E-state index contributed by atoms with van der Waals surface area (Å²) in [6.07, 6.45) is 4.66. The van der Waals surface area contributed by atoms with Gasteiger partial charge in [-0.1, -0.05) is 6.92 Å². The van der Waals surface area contributed by atoms with Gasteiger partial charge in [0.15, 0.2) is 0 Å². The highest BCUT2D eigenvalue weighted by Crippen LogP contribution is 2.26. The molecular formula is C13H20N4O2. The molecule has 1 aliphatic rings. The smallest absolute Gasteiger partial charge is 0.305 e. The molecule has 0 bridgehead atoms. The Hall–Kier alpha value is -1.85. The first-order valence-electron chi connectivity index (χ1n) is 6.75. The first kappa shape index (κ1) is 13.6. The fourth-order valence-corrected chi connectivity index (χ4v) is 2.40. The van der Waals surface area contributed by atoms with Gasteiger partial charge in [-0.05, 0) is 19.3 Å². The Kier molecular flexibility index (Phi) is 4.54. The van der Waals surface area contributed by atoms with E-state index >= 15 is 0 Å². The lowest BCUT2D eigenvalue weighted by Gasteiger charge is -2.24. The van der Waals surface area contributed by atoms with Crippen LogP contribution in [0.1, 0.15) is 32.6 Å². The summed E-state index contributed by atoms with van der Waals surface area (Å²) in [6, 6.07) is 1.95. The Labute approximate surface area is 112 Å². The van der Waals surface area contributed by atoms with Crippen LogP contribution in [0, 0.1) is 0 Å². The molecule has 0 amide bonds. The lowest BCUT2D eigenvalue weighted by molar-refractivity contribution is -0.137. The van der Waals surface area contributed by atoms with Gasteiger partial charge >= 0.3 is 5.97 Å². The Morgan fingerprint density at radius 3 is 3.16 bits per heavy atom. The average molecular weight is 264 g/mol. The molecule has 0 spiro atoms. The number of carboxylic acid groups (broad SMARTS) is 1. The van der Waals surface area contributed by atoms with Gasteiger partial charge in [0.05, 0.1) is 6.42 Å². The van der Waals surface area contributed by atoms with Gasteiger partial charge in [0.2, 0.25) is 0 Å². The van der Waals surface area contributed by atoms with Crippen molar-refractivity contribution in [1.29, 1.82) is 0 Å². The summed E-state index contributed by atoms with van der Waals surface area (Å²) in [5.41, 5.74) is 0. The van der Waals surface area contributed by atoms with E-state index in [1.54, 1.807) is 0 Å². The Balaban J connectivity index is 2.09. The van der Waals surface area contributed by atoms with Crippen molar-refractivity contribution in [1.82, 2.24) is 9.97 Å². The minimum atomic E-state index is -0.754. The molecule has 2 N–H and O–H groups in total. The van der Waals surface area contributed by atoms with Crippen LogP contribution in [-0.2, 0) is 4.79 Å². The summed E-state index contributed by atoms with van der Waals surface area (Å²) in [5, 5.41) is 12.2. The standard InChI is InChI=1S/C13H20N4O2/c1-2-5-14-11-8-12(16-9-15-11)17-6-3-4-10(17)7-13(18)19/h8-10H,2-7H2,1H3,(H,18,19)(H,14,15,16). The molecule has 19 heavy (non-hydrogen) atoms. The number of hydrogen-bond donors (Lipinski definition) is 2. The number of nitrogens with zero attached hydrogens (tertiary/aromatic N) is 3. The third-order valence-corrected chi connectivity index (χ3v) is 3.29. The number of aromatic nitrogens is 2. The van der Waals surface area contributed by atoms with E-state index in [0.29, 0.717) is 0 Å². The zero-order valence-electron chi connectivity index (χ0n) is 11.2. The molecule has 0 aliphatic carbocycles. The summed E-state index contributed by atoms with van der Waals surface area (Å²) < 4.78 is 0. The van der Waals surface area contributed by atoms with Crippen LogP contribution in [0.2, 0.25) is 0 Å². The predicted molar refractivity (Wildman–Crippen MR) is 73.4 cm³/mol. The van der Waals surface area contributed by atoms with Crippen LogP contribution in [0.4, 0.5) is 11.6 Å². The van der Waals surface area contributed by atoms with Crippen molar-refractivity contribution in [2.24, 2.45) is 0 Å². The molecule has 6 heteroatoms. The van der Waals surface area contributed by atoms with Crippen LogP contribution in [-0.4, -0.2) is 40.2 Å². The molecule has 1 aromatic rings. The van der Waals surface area contributed by atoms with Gasteiger partial charge in [-0.3, -0.25) is 4.79 Å². The highest BCUT2D eigenvalue weighted by molar-refractivity contribution is 5.68. The molecule has 0 radical (unpaired) electrons. The van der Waals surface area contributed by atoms with Crippen molar-refractivity contribution < 1.29 is 9.90 Å². The van der Waals surface area contributed by atoms with Gasteiger partial charge in [0.1, 0.15) is 18.0 Å². The van der Waals surface area contributed by atoms with E-state index in [1.165, 1.54) is 6.33 Å². The van der Waals surface area contributed by atoms with E-state index in [4.69, 9.17) is 5.11 Å². The topological polar surface area (TPSA) is 78.4 Å². The van der Waals surface area contributed by atoms with Crippen molar-refractivity contribution >= 4 is 17.6 Å². The number of aliphatic carboxylic acids is 1. The average Bonchev–Trinajstić information content (AvgIpc) is 2.84. The summed E-state index contributed by atoms with van der Waals surface area (Å²) in [6.45, 7) is 3.83. The van der Waals surface area contributed by atoms with E-state index in [-0.39, 0.29) is 12.5 Å². The second kappa shape index (κ2) is 6.36. The summed E-state index contributed by atoms with van der Waals surface area (Å²) >= 11 is 0. The van der Waals surface area contributed by atoms with Gasteiger partial charge in [-0.2, -0.15) is 0 Å². The number of anilines is 2. The first-order chi connectivity index (χ1) is 9.20. The molecule has 1 unspecified atom stereocenters. The van der Waals surface area contributed by atoms with E-state index in [9.17, 15) is 4.79 Å². The minimum Gasteiger partial charge on any atom is -0.481 e. The lowest BCUT2D eigenvalue weighted by atomic mass is 10.1. The zero-order valence-corrected chi connectivity index (χ0v) is 11.2. The third kappa shape index (κ3) is 3.56. The SMILES string of the molecule is CCCNc1cc(N2CCCC2CC(=O)O)ncn1. The maximum Gasteiger partial charge on any atom is 0.305 e. The monoisotopic (exact) mass is 264 g/mol. The fraction of sp³-hybridized carbons (Fsp3) is 0.615. The molecule has 6 nitrogen and oxygen atoms in total. The van der Waals surface area contributed by atoms with Crippen LogP contribution >= 0.6 is 0 Å². The molecule has 1 aliphatic heterocycles. The van der Waals surface area contributed by atoms with Crippen LogP contribution in [0.15, 0.2) is 12.4 Å². The predicted octanol–water partition coefficient (Wildman–Crippen LogP) is 1.74. The van der Waals surface area contributed by atoms with Gasteiger partial charge in [-0.15, -0.1) is 0 Å². The van der Waals surface area contributed by atoms with Crippen molar-refractivity contribution in [3.8, 4) is 0 Å². The van der Waals surface area contributed by atoms with E-state index in [1.807, 2.05) is 6.07 Å². The van der Waals surface area contributed by atoms with E-state index < -0.39 is 5.97 Å². The van der Waals surface area contributed by atoms with Gasteiger partial charge < -0.3 is 15.3 Å². The molecule has 2 heterocycles. The molecule has 2 rings (SSSR count). The lowest BCUT2D eigenvalue weighted by Crippen LogP contribution is -2.32. The molecule has 0 aromatic carbocycles. The van der Waals surface area contributed by atoms with Crippen LogP contribution in [0.25, 0.3) is 0 Å². The number of nitrogens with one attached hydrogen (secondary N) is 1. The summed E-state index contributed by atoms with van der Waals surface area (Å²) in [5.74, 6) is 0.862. The minimum absolute atomic E-state index is 0.0476. The molecule has 1 saturated heterocycles. The molecule has 104 valence electrons. The zero-order chi connectivity index (χ0) is 13.7. The molecule has 1 fully saturated rings. The highest BCUT2D eigenvalue weighted by Gasteiger charge is 2.27. The van der Waals surface area contributed by atoms with Crippen LogP contribution < -0.4 is 10.2 Å². The molecule has 1 aromatic heterocycles. The second-order valence-corrected chi connectivity index (χ2v) is 4.78.